The van der Waals surface area contributed by atoms with E-state index in [9.17, 15) is 0 Å². The van der Waals surface area contributed by atoms with Crippen LogP contribution in [0.3, 0.4) is 0 Å². The van der Waals surface area contributed by atoms with Crippen LogP contribution in [-0.2, 0) is 13.0 Å². The first-order valence-electron chi connectivity index (χ1n) is 7.37. The molecule has 3 heteroatoms. The summed E-state index contributed by atoms with van der Waals surface area (Å²) in [5.41, 5.74) is 2.77. The molecule has 1 aliphatic carbocycles. The summed E-state index contributed by atoms with van der Waals surface area (Å²) in [6.07, 6.45) is 6.30. The highest BCUT2D eigenvalue weighted by atomic mass is 15.2. The number of nitrogens with zero attached hydrogens (tertiary/aromatic N) is 1. The van der Waals surface area contributed by atoms with Gasteiger partial charge in [-0.2, -0.15) is 0 Å². The lowest BCUT2D eigenvalue weighted by Crippen LogP contribution is -2.42. The second kappa shape index (κ2) is 7.17. The highest BCUT2D eigenvalue weighted by molar-refractivity contribution is 5.80. The minimum Gasteiger partial charge on any atom is -0.354 e. The first-order chi connectivity index (χ1) is 9.33. The molecular weight excluding hydrogens is 234 g/mol. The molecule has 3 nitrogen and oxygen atoms in total. The number of hydrogen-bond acceptors (Lipinski definition) is 1. The third kappa shape index (κ3) is 3.98. The average molecular weight is 259 g/mol. The zero-order chi connectivity index (χ0) is 13.5. The van der Waals surface area contributed by atoms with E-state index in [4.69, 9.17) is 0 Å². The van der Waals surface area contributed by atoms with Crippen molar-refractivity contribution in [1.82, 2.24) is 10.6 Å². The molecule has 1 aromatic rings. The molecule has 19 heavy (non-hydrogen) atoms. The highest BCUT2D eigenvalue weighted by Crippen LogP contribution is 2.17. The second-order valence-corrected chi connectivity index (χ2v) is 5.17. The van der Waals surface area contributed by atoms with E-state index in [1.165, 1.54) is 36.8 Å². The second-order valence-electron chi connectivity index (χ2n) is 5.17. The third-order valence-corrected chi connectivity index (χ3v) is 3.87. The molecule has 0 unspecified atom stereocenters. The van der Waals surface area contributed by atoms with Crippen LogP contribution in [-0.4, -0.2) is 19.0 Å². The molecule has 104 valence electrons. The number of benzene rings is 1. The van der Waals surface area contributed by atoms with Crippen molar-refractivity contribution in [3.8, 4) is 0 Å². The maximum absolute atomic E-state index is 4.32. The summed E-state index contributed by atoms with van der Waals surface area (Å²) in [7, 11) is 1.84. The van der Waals surface area contributed by atoms with Gasteiger partial charge < -0.3 is 10.6 Å². The fourth-order valence-electron chi connectivity index (χ4n) is 2.71. The minimum atomic E-state index is 0.604. The van der Waals surface area contributed by atoms with Gasteiger partial charge in [-0.05, 0) is 30.4 Å². The molecule has 0 aromatic heterocycles. The monoisotopic (exact) mass is 259 g/mol. The van der Waals surface area contributed by atoms with Crippen LogP contribution in [0.1, 0.15) is 43.7 Å². The molecule has 1 saturated carbocycles. The van der Waals surface area contributed by atoms with Gasteiger partial charge >= 0.3 is 0 Å². The summed E-state index contributed by atoms with van der Waals surface area (Å²) >= 11 is 0. The van der Waals surface area contributed by atoms with Crippen molar-refractivity contribution in [2.45, 2.75) is 51.6 Å². The van der Waals surface area contributed by atoms with Crippen molar-refractivity contribution in [2.75, 3.05) is 7.05 Å². The Bertz CT molecular complexity index is 420. The predicted octanol–water partition coefficient (Wildman–Crippen LogP) is 2.86. The molecule has 0 aliphatic heterocycles. The first kappa shape index (κ1) is 13.9. The Labute approximate surface area is 116 Å². The van der Waals surface area contributed by atoms with Crippen LogP contribution in [0.2, 0.25) is 0 Å². The Morgan fingerprint density at radius 1 is 1.21 bits per heavy atom. The summed E-state index contributed by atoms with van der Waals surface area (Å²) in [6.45, 7) is 3.04. The molecule has 0 spiro atoms. The summed E-state index contributed by atoms with van der Waals surface area (Å²) in [5, 5.41) is 6.94. The third-order valence-electron chi connectivity index (χ3n) is 3.87. The first-order valence-corrected chi connectivity index (χ1v) is 7.37. The quantitative estimate of drug-likeness (QED) is 0.644. The standard InChI is InChI=1S/C16H25N3/c1-3-13-8-4-5-9-14(13)12-18-16(17-2)19-15-10-6-7-11-15/h4-5,8-9,15H,3,6-7,10-12H2,1-2H3,(H2,17,18,19). The lowest BCUT2D eigenvalue weighted by molar-refractivity contribution is 0.613. The van der Waals surface area contributed by atoms with E-state index >= 15 is 0 Å². The Kier molecular flexibility index (Phi) is 5.25. The number of nitrogens with one attached hydrogen (secondary N) is 2. The molecule has 0 saturated heterocycles. The molecular formula is C16H25N3. The van der Waals surface area contributed by atoms with Crippen LogP contribution in [0.5, 0.6) is 0 Å². The van der Waals surface area contributed by atoms with Gasteiger partial charge in [-0.1, -0.05) is 44.0 Å². The topological polar surface area (TPSA) is 36.4 Å². The summed E-state index contributed by atoms with van der Waals surface area (Å²) in [4.78, 5) is 4.32. The van der Waals surface area contributed by atoms with Crippen LogP contribution < -0.4 is 10.6 Å². The van der Waals surface area contributed by atoms with Crippen LogP contribution in [0.15, 0.2) is 29.3 Å². The van der Waals surface area contributed by atoms with E-state index in [-0.39, 0.29) is 0 Å². The SMILES string of the molecule is CCc1ccccc1CNC(=NC)NC1CCCC1. The maximum Gasteiger partial charge on any atom is 0.191 e. The van der Waals surface area contributed by atoms with Crippen LogP contribution in [0.4, 0.5) is 0 Å². The Balaban J connectivity index is 1.88. The van der Waals surface area contributed by atoms with Crippen molar-refractivity contribution >= 4 is 5.96 Å². The lowest BCUT2D eigenvalue weighted by atomic mass is 10.1. The van der Waals surface area contributed by atoms with Gasteiger partial charge in [0.15, 0.2) is 5.96 Å². The van der Waals surface area contributed by atoms with Crippen LogP contribution >= 0.6 is 0 Å². The van der Waals surface area contributed by atoms with Crippen molar-refractivity contribution in [2.24, 2.45) is 4.99 Å². The van der Waals surface area contributed by atoms with Crippen molar-refractivity contribution < 1.29 is 0 Å². The van der Waals surface area contributed by atoms with Crippen molar-refractivity contribution in [3.63, 3.8) is 0 Å². The van der Waals surface area contributed by atoms with Gasteiger partial charge in [-0.15, -0.1) is 0 Å². The van der Waals surface area contributed by atoms with Crippen molar-refractivity contribution in [3.05, 3.63) is 35.4 Å². The number of hydrogen-bond donors (Lipinski definition) is 2. The molecule has 0 atom stereocenters. The molecule has 0 amide bonds. The van der Waals surface area contributed by atoms with Gasteiger partial charge in [0.2, 0.25) is 0 Å². The summed E-state index contributed by atoms with van der Waals surface area (Å²) < 4.78 is 0. The molecule has 0 heterocycles. The van der Waals surface area contributed by atoms with Gasteiger partial charge in [0.25, 0.3) is 0 Å². The Morgan fingerprint density at radius 3 is 2.53 bits per heavy atom. The van der Waals surface area contributed by atoms with E-state index in [0.29, 0.717) is 6.04 Å². The zero-order valence-electron chi connectivity index (χ0n) is 12.1. The zero-order valence-corrected chi connectivity index (χ0v) is 12.1. The maximum atomic E-state index is 4.32. The van der Waals surface area contributed by atoms with Gasteiger partial charge in [-0.3, -0.25) is 4.99 Å². The number of guanidine groups is 1. The van der Waals surface area contributed by atoms with E-state index in [1.807, 2.05) is 7.05 Å². The summed E-state index contributed by atoms with van der Waals surface area (Å²) in [6, 6.07) is 9.20. The van der Waals surface area contributed by atoms with Crippen LogP contribution in [0.25, 0.3) is 0 Å². The predicted molar refractivity (Wildman–Crippen MR) is 81.4 cm³/mol. The number of rotatable bonds is 4. The van der Waals surface area contributed by atoms with Crippen LogP contribution in [0, 0.1) is 0 Å². The molecule has 2 rings (SSSR count). The lowest BCUT2D eigenvalue weighted by Gasteiger charge is -2.17. The average Bonchev–Trinajstić information content (AvgIpc) is 2.96. The number of aryl methyl sites for hydroxylation is 1. The summed E-state index contributed by atoms with van der Waals surface area (Å²) in [5.74, 6) is 0.929. The van der Waals surface area contributed by atoms with E-state index in [0.717, 1.165) is 18.9 Å². The number of aliphatic imine (C=N–C) groups is 1. The fourth-order valence-corrected chi connectivity index (χ4v) is 2.71. The largest absolute Gasteiger partial charge is 0.354 e. The van der Waals surface area contributed by atoms with E-state index < -0.39 is 0 Å². The highest BCUT2D eigenvalue weighted by Gasteiger charge is 2.15. The van der Waals surface area contributed by atoms with Crippen molar-refractivity contribution in [1.29, 1.82) is 0 Å². The molecule has 0 radical (unpaired) electrons. The van der Waals surface area contributed by atoms with Gasteiger partial charge in [0.05, 0.1) is 0 Å². The van der Waals surface area contributed by atoms with Gasteiger partial charge in [0, 0.05) is 19.6 Å². The molecule has 1 aliphatic rings. The smallest absolute Gasteiger partial charge is 0.191 e. The Morgan fingerprint density at radius 2 is 1.89 bits per heavy atom. The van der Waals surface area contributed by atoms with E-state index in [2.05, 4.69) is 46.8 Å². The normalized spacial score (nSPS) is 16.6. The molecule has 1 aromatic carbocycles. The van der Waals surface area contributed by atoms with Gasteiger partial charge in [0.1, 0.15) is 0 Å². The fraction of sp³-hybridized carbons (Fsp3) is 0.562. The molecule has 2 N–H and O–H groups in total. The Hall–Kier alpha value is -1.51. The van der Waals surface area contributed by atoms with E-state index in [1.54, 1.807) is 0 Å². The molecule has 1 fully saturated rings. The minimum absolute atomic E-state index is 0.604. The molecule has 0 bridgehead atoms. The van der Waals surface area contributed by atoms with Gasteiger partial charge in [-0.25, -0.2) is 0 Å².